The van der Waals surface area contributed by atoms with Crippen LogP contribution in [0.5, 0.6) is 0 Å². The van der Waals surface area contributed by atoms with E-state index in [2.05, 4.69) is 14.9 Å². The van der Waals surface area contributed by atoms with Gasteiger partial charge in [0, 0.05) is 43.9 Å². The van der Waals surface area contributed by atoms with Crippen LogP contribution in [0.4, 0.5) is 5.82 Å². The second-order valence-electron chi connectivity index (χ2n) is 9.92. The Hall–Kier alpha value is -2.51. The molecule has 2 aliphatic rings. The number of hydrogen-bond acceptors (Lipinski definition) is 5. The van der Waals surface area contributed by atoms with Gasteiger partial charge >= 0.3 is 0 Å². The number of pyridine rings is 2. The second kappa shape index (κ2) is 10.5. The molecule has 2 saturated heterocycles. The number of aromatic nitrogens is 2. The Balaban J connectivity index is 1.36. The summed E-state index contributed by atoms with van der Waals surface area (Å²) in [6.45, 7) is 2.95. The van der Waals surface area contributed by atoms with Crippen LogP contribution >= 0.6 is 23.2 Å². The number of nitrogens with zero attached hydrogens (tertiary/aromatic N) is 4. The topological polar surface area (TPSA) is 69.6 Å². The molecular formula is C28H30Cl2N4O2. The molecule has 4 heterocycles. The van der Waals surface area contributed by atoms with Crippen LogP contribution in [0, 0.1) is 0 Å². The molecule has 2 fully saturated rings. The molecule has 0 bridgehead atoms. The van der Waals surface area contributed by atoms with E-state index in [1.54, 1.807) is 12.4 Å². The highest BCUT2D eigenvalue weighted by Gasteiger charge is 2.42. The first-order valence-corrected chi connectivity index (χ1v) is 13.2. The molecule has 188 valence electrons. The van der Waals surface area contributed by atoms with E-state index in [1.807, 2.05) is 59.5 Å². The molecule has 0 unspecified atom stereocenters. The van der Waals surface area contributed by atoms with Crippen molar-refractivity contribution in [3.63, 3.8) is 0 Å². The largest absolute Gasteiger partial charge is 0.383 e. The molecule has 0 spiro atoms. The van der Waals surface area contributed by atoms with Crippen molar-refractivity contribution in [1.29, 1.82) is 0 Å². The van der Waals surface area contributed by atoms with Gasteiger partial charge in [-0.3, -0.25) is 14.7 Å². The lowest BCUT2D eigenvalue weighted by Crippen LogP contribution is -2.51. The first kappa shape index (κ1) is 25.2. The highest BCUT2D eigenvalue weighted by molar-refractivity contribution is 6.42. The van der Waals surface area contributed by atoms with Crippen molar-refractivity contribution in [1.82, 2.24) is 14.9 Å². The molecule has 1 aromatic carbocycles. The van der Waals surface area contributed by atoms with Crippen LogP contribution in [0.25, 0.3) is 0 Å². The van der Waals surface area contributed by atoms with Crippen molar-refractivity contribution in [3.05, 3.63) is 88.3 Å². The Morgan fingerprint density at radius 2 is 1.67 bits per heavy atom. The van der Waals surface area contributed by atoms with Gasteiger partial charge in [0.15, 0.2) is 0 Å². The number of piperidine rings is 2. The van der Waals surface area contributed by atoms with Gasteiger partial charge in [0.2, 0.25) is 5.91 Å². The van der Waals surface area contributed by atoms with E-state index >= 15 is 0 Å². The number of aliphatic hydroxyl groups is 1. The van der Waals surface area contributed by atoms with Gasteiger partial charge in [-0.05, 0) is 74.2 Å². The molecule has 5 rings (SSSR count). The van der Waals surface area contributed by atoms with Crippen molar-refractivity contribution in [2.24, 2.45) is 0 Å². The van der Waals surface area contributed by atoms with Crippen LogP contribution in [0.3, 0.4) is 0 Å². The van der Waals surface area contributed by atoms with Gasteiger partial charge in [-0.1, -0.05) is 41.4 Å². The summed E-state index contributed by atoms with van der Waals surface area (Å²) < 4.78 is 0. The fourth-order valence-corrected chi connectivity index (χ4v) is 5.79. The van der Waals surface area contributed by atoms with Crippen LogP contribution in [-0.2, 0) is 15.8 Å². The smallest absolute Gasteiger partial charge is 0.228 e. The van der Waals surface area contributed by atoms with Crippen molar-refractivity contribution in [3.8, 4) is 0 Å². The Morgan fingerprint density at radius 3 is 2.33 bits per heavy atom. The van der Waals surface area contributed by atoms with E-state index in [4.69, 9.17) is 23.2 Å². The lowest BCUT2D eigenvalue weighted by Gasteiger charge is -2.45. The maximum atomic E-state index is 12.9. The molecule has 3 aromatic rings. The van der Waals surface area contributed by atoms with Gasteiger partial charge < -0.3 is 10.0 Å². The lowest BCUT2D eigenvalue weighted by molar-refractivity contribution is -0.120. The van der Waals surface area contributed by atoms with Gasteiger partial charge in [-0.15, -0.1) is 0 Å². The zero-order valence-corrected chi connectivity index (χ0v) is 21.6. The number of anilines is 1. The van der Waals surface area contributed by atoms with Crippen molar-refractivity contribution >= 4 is 34.9 Å². The third-order valence-corrected chi connectivity index (χ3v) is 8.51. The summed E-state index contributed by atoms with van der Waals surface area (Å²) in [7, 11) is 0. The maximum absolute atomic E-state index is 12.9. The Labute approximate surface area is 221 Å². The van der Waals surface area contributed by atoms with E-state index in [0.717, 1.165) is 43.7 Å². The average Bonchev–Trinajstić information content (AvgIpc) is 2.92. The minimum atomic E-state index is -0.883. The van der Waals surface area contributed by atoms with Gasteiger partial charge in [0.1, 0.15) is 11.4 Å². The number of halogens is 2. The molecule has 2 aliphatic heterocycles. The summed E-state index contributed by atoms with van der Waals surface area (Å²) in [5, 5.41) is 12.2. The van der Waals surface area contributed by atoms with Gasteiger partial charge in [-0.25, -0.2) is 4.98 Å². The summed E-state index contributed by atoms with van der Waals surface area (Å²) >= 11 is 12.7. The molecule has 2 aromatic heterocycles. The Morgan fingerprint density at radius 1 is 0.917 bits per heavy atom. The summed E-state index contributed by atoms with van der Waals surface area (Å²) in [5.41, 5.74) is 0.668. The number of hydrogen-bond donors (Lipinski definition) is 1. The van der Waals surface area contributed by atoms with E-state index in [1.165, 1.54) is 0 Å². The number of carbonyl (C=O) groups excluding carboxylic acids is 1. The molecule has 0 saturated carbocycles. The highest BCUT2D eigenvalue weighted by atomic mass is 35.5. The number of benzene rings is 1. The standard InChI is InChI=1S/C28H30Cl2N4O2/c29-22-8-7-21(19-23(22)30)27(10-9-26(35)34(20-27)25-6-2-4-15-32-25)11-16-33-17-12-28(36,13-18-33)24-5-1-3-14-31-24/h1-8,14-15,19,36H,9-13,16-18,20H2/t27-/m1/s1. The van der Waals surface area contributed by atoms with E-state index in [0.29, 0.717) is 41.7 Å². The van der Waals surface area contributed by atoms with Gasteiger partial charge in [-0.2, -0.15) is 0 Å². The van der Waals surface area contributed by atoms with Crippen LogP contribution in [0.1, 0.15) is 43.4 Å². The second-order valence-corrected chi connectivity index (χ2v) is 10.7. The molecule has 0 radical (unpaired) electrons. The molecule has 1 atom stereocenters. The summed E-state index contributed by atoms with van der Waals surface area (Å²) in [6, 6.07) is 17.2. The number of rotatable bonds is 6. The monoisotopic (exact) mass is 524 g/mol. The summed E-state index contributed by atoms with van der Waals surface area (Å²) in [6.07, 6.45) is 6.76. The van der Waals surface area contributed by atoms with E-state index in [-0.39, 0.29) is 11.3 Å². The quantitative estimate of drug-likeness (QED) is 0.478. The molecule has 1 amide bonds. The zero-order valence-electron chi connectivity index (χ0n) is 20.1. The minimum absolute atomic E-state index is 0.0859. The Kier molecular flexibility index (Phi) is 7.31. The van der Waals surface area contributed by atoms with Crippen LogP contribution < -0.4 is 4.90 Å². The van der Waals surface area contributed by atoms with Gasteiger partial charge in [0.05, 0.1) is 15.7 Å². The molecule has 0 aliphatic carbocycles. The predicted octanol–water partition coefficient (Wildman–Crippen LogP) is 5.22. The highest BCUT2D eigenvalue weighted by Crippen LogP contribution is 2.41. The third-order valence-electron chi connectivity index (χ3n) is 7.77. The fourth-order valence-electron chi connectivity index (χ4n) is 5.50. The molecule has 8 heteroatoms. The zero-order chi connectivity index (χ0) is 25.2. The van der Waals surface area contributed by atoms with Crippen LogP contribution in [-0.4, -0.2) is 52.1 Å². The minimum Gasteiger partial charge on any atom is -0.383 e. The first-order valence-electron chi connectivity index (χ1n) is 12.4. The molecule has 36 heavy (non-hydrogen) atoms. The van der Waals surface area contributed by atoms with Crippen molar-refractivity contribution in [2.75, 3.05) is 31.1 Å². The van der Waals surface area contributed by atoms with E-state index < -0.39 is 5.60 Å². The fraction of sp³-hybridized carbons (Fsp3) is 0.393. The van der Waals surface area contributed by atoms with Crippen molar-refractivity contribution in [2.45, 2.75) is 43.1 Å². The number of amides is 1. The van der Waals surface area contributed by atoms with Crippen molar-refractivity contribution < 1.29 is 9.90 Å². The van der Waals surface area contributed by atoms with Crippen LogP contribution in [0.2, 0.25) is 10.0 Å². The lowest BCUT2D eigenvalue weighted by atomic mass is 9.71. The normalized spacial score (nSPS) is 22.5. The predicted molar refractivity (Wildman–Crippen MR) is 142 cm³/mol. The Bertz CT molecular complexity index is 1200. The summed E-state index contributed by atoms with van der Waals surface area (Å²) in [4.78, 5) is 26.0. The number of likely N-dealkylation sites (tertiary alicyclic amines) is 1. The van der Waals surface area contributed by atoms with Crippen LogP contribution in [0.15, 0.2) is 67.0 Å². The number of carbonyl (C=O) groups is 1. The summed E-state index contributed by atoms with van der Waals surface area (Å²) in [5.74, 6) is 0.757. The third kappa shape index (κ3) is 5.14. The first-order chi connectivity index (χ1) is 17.4. The SMILES string of the molecule is O=C1CC[C@](CCN2CCC(O)(c3ccccn3)CC2)(c2ccc(Cl)c(Cl)c2)CN1c1ccccn1. The maximum Gasteiger partial charge on any atom is 0.228 e. The van der Waals surface area contributed by atoms with E-state index in [9.17, 15) is 9.90 Å². The average molecular weight is 525 g/mol. The molecular weight excluding hydrogens is 495 g/mol. The molecule has 1 N–H and O–H groups in total. The van der Waals surface area contributed by atoms with Gasteiger partial charge in [0.25, 0.3) is 0 Å². The molecule has 6 nitrogen and oxygen atoms in total.